The third-order valence-electron chi connectivity index (χ3n) is 5.31. The summed E-state index contributed by atoms with van der Waals surface area (Å²) in [5, 5.41) is 12.9. The van der Waals surface area contributed by atoms with Gasteiger partial charge in [-0.1, -0.05) is 24.3 Å². The van der Waals surface area contributed by atoms with E-state index in [0.717, 1.165) is 16.7 Å². The molecule has 2 aromatic rings. The Hall–Kier alpha value is -2.86. The number of hydrogen-bond donors (Lipinski definition) is 2. The third kappa shape index (κ3) is 4.02. The van der Waals surface area contributed by atoms with Crippen molar-refractivity contribution in [1.82, 2.24) is 10.2 Å². The molecule has 6 nitrogen and oxygen atoms in total. The maximum Gasteiger partial charge on any atom is 0.254 e. The molecule has 0 aromatic heterocycles. The Morgan fingerprint density at radius 3 is 2.61 bits per heavy atom. The average molecular weight is 382 g/mol. The Morgan fingerprint density at radius 1 is 1.18 bits per heavy atom. The van der Waals surface area contributed by atoms with Crippen LogP contribution in [0.1, 0.15) is 22.3 Å². The van der Waals surface area contributed by atoms with E-state index in [1.165, 1.54) is 0 Å². The van der Waals surface area contributed by atoms with Crippen molar-refractivity contribution in [3.8, 4) is 16.9 Å². The fraction of sp³-hybridized carbons (Fsp3) is 0.364. The van der Waals surface area contributed by atoms with Crippen LogP contribution in [-0.2, 0) is 4.79 Å². The van der Waals surface area contributed by atoms with Crippen molar-refractivity contribution in [3.05, 3.63) is 53.6 Å². The zero-order valence-corrected chi connectivity index (χ0v) is 16.4. The lowest BCUT2D eigenvalue weighted by Crippen LogP contribution is -2.30. The van der Waals surface area contributed by atoms with Crippen LogP contribution in [0.5, 0.6) is 5.75 Å². The van der Waals surface area contributed by atoms with E-state index in [2.05, 4.69) is 5.32 Å². The molecule has 28 heavy (non-hydrogen) atoms. The van der Waals surface area contributed by atoms with E-state index in [1.807, 2.05) is 43.3 Å². The first kappa shape index (κ1) is 19.9. The molecular formula is C22H26N2O4. The van der Waals surface area contributed by atoms with E-state index < -0.39 is 6.10 Å². The van der Waals surface area contributed by atoms with Crippen molar-refractivity contribution >= 4 is 11.8 Å². The summed E-state index contributed by atoms with van der Waals surface area (Å²) in [5.74, 6) is 0.0229. The molecule has 2 amide bonds. The number of aliphatic hydroxyl groups is 1. The van der Waals surface area contributed by atoms with Crippen molar-refractivity contribution in [2.75, 3.05) is 27.2 Å². The summed E-state index contributed by atoms with van der Waals surface area (Å²) in [6, 6.07) is 13.4. The van der Waals surface area contributed by atoms with E-state index in [0.29, 0.717) is 17.9 Å². The lowest BCUT2D eigenvalue weighted by Gasteiger charge is -2.20. The molecule has 1 aliphatic rings. The van der Waals surface area contributed by atoms with Crippen molar-refractivity contribution in [3.63, 3.8) is 0 Å². The highest BCUT2D eigenvalue weighted by atomic mass is 16.5. The van der Waals surface area contributed by atoms with Gasteiger partial charge in [0.25, 0.3) is 5.91 Å². The molecule has 1 fully saturated rings. The van der Waals surface area contributed by atoms with Gasteiger partial charge < -0.3 is 20.1 Å². The van der Waals surface area contributed by atoms with Gasteiger partial charge in [-0.2, -0.15) is 0 Å². The largest absolute Gasteiger partial charge is 0.497 e. The summed E-state index contributed by atoms with van der Waals surface area (Å²) in [5.41, 5.74) is 3.41. The molecule has 1 heterocycles. The Labute approximate surface area is 165 Å². The predicted molar refractivity (Wildman–Crippen MR) is 107 cm³/mol. The minimum atomic E-state index is -0.714. The molecule has 0 saturated carbocycles. The van der Waals surface area contributed by atoms with E-state index in [9.17, 15) is 14.7 Å². The molecule has 6 heteroatoms. The molecule has 0 spiro atoms. The molecule has 148 valence electrons. The van der Waals surface area contributed by atoms with Crippen LogP contribution in [0, 0.1) is 12.8 Å². The van der Waals surface area contributed by atoms with Gasteiger partial charge in [-0.05, 0) is 41.8 Å². The molecule has 0 unspecified atom stereocenters. The summed E-state index contributed by atoms with van der Waals surface area (Å²) in [4.78, 5) is 26.6. The number of nitrogens with one attached hydrogen (secondary N) is 1. The minimum absolute atomic E-state index is 0.139. The summed E-state index contributed by atoms with van der Waals surface area (Å²) >= 11 is 0. The number of likely N-dealkylation sites (tertiary alicyclic amines) is 1. The second-order valence-corrected chi connectivity index (χ2v) is 7.14. The number of nitrogens with zero attached hydrogens (tertiary/aromatic N) is 1. The maximum atomic E-state index is 13.3. The molecule has 2 aromatic carbocycles. The normalized spacial score (nSPS) is 18.8. The Bertz CT molecular complexity index is 881. The number of ether oxygens (including phenoxy) is 1. The first-order valence-electron chi connectivity index (χ1n) is 9.36. The summed E-state index contributed by atoms with van der Waals surface area (Å²) in [6.45, 7) is 2.57. The summed E-state index contributed by atoms with van der Waals surface area (Å²) in [7, 11) is 3.13. The number of rotatable bonds is 5. The number of β-amino-alcohol motifs (C(OH)–C–C–N with tert-alkyl or cyclic N) is 1. The smallest absolute Gasteiger partial charge is 0.254 e. The lowest BCUT2D eigenvalue weighted by molar-refractivity contribution is -0.122. The van der Waals surface area contributed by atoms with Gasteiger partial charge in [0, 0.05) is 32.5 Å². The number of carbonyl (C=O) groups excluding carboxylic acids is 2. The van der Waals surface area contributed by atoms with Crippen LogP contribution in [0.25, 0.3) is 11.1 Å². The number of methoxy groups -OCH3 is 1. The molecule has 2 atom stereocenters. The van der Waals surface area contributed by atoms with Gasteiger partial charge in [0.05, 0.1) is 18.8 Å². The first-order chi connectivity index (χ1) is 13.4. The number of amides is 2. The molecule has 0 bridgehead atoms. The monoisotopic (exact) mass is 382 g/mol. The molecule has 1 aliphatic heterocycles. The van der Waals surface area contributed by atoms with Crippen molar-refractivity contribution in [2.45, 2.75) is 19.4 Å². The van der Waals surface area contributed by atoms with Crippen LogP contribution in [0.3, 0.4) is 0 Å². The van der Waals surface area contributed by atoms with Crippen LogP contribution in [0.15, 0.2) is 42.5 Å². The van der Waals surface area contributed by atoms with Gasteiger partial charge in [0.2, 0.25) is 5.91 Å². The minimum Gasteiger partial charge on any atom is -0.497 e. The van der Waals surface area contributed by atoms with Crippen molar-refractivity contribution < 1.29 is 19.4 Å². The Kier molecular flexibility index (Phi) is 5.99. The van der Waals surface area contributed by atoms with Gasteiger partial charge in [-0.15, -0.1) is 0 Å². The Balaban J connectivity index is 1.93. The number of benzene rings is 2. The highest BCUT2D eigenvalue weighted by Crippen LogP contribution is 2.32. The van der Waals surface area contributed by atoms with E-state index in [-0.39, 0.29) is 30.7 Å². The quantitative estimate of drug-likeness (QED) is 0.831. The summed E-state index contributed by atoms with van der Waals surface area (Å²) in [6.07, 6.45) is -0.515. The number of aryl methyl sites for hydroxylation is 1. The van der Waals surface area contributed by atoms with E-state index in [1.54, 1.807) is 25.1 Å². The standard InChI is InChI=1S/C22H26N2O4/c1-14-6-4-5-7-17(14)18-9-8-16(28-3)11-19(18)22(27)24-12-15(20(25)13-24)10-21(26)23-2/h4-9,11,15,20,25H,10,12-13H2,1-3H3,(H,23,26)/t15-,20-/m1/s1. The highest BCUT2D eigenvalue weighted by molar-refractivity contribution is 6.02. The van der Waals surface area contributed by atoms with Gasteiger partial charge in [0.15, 0.2) is 0 Å². The highest BCUT2D eigenvalue weighted by Gasteiger charge is 2.36. The predicted octanol–water partition coefficient (Wildman–Crippen LogP) is 2.24. The molecular weight excluding hydrogens is 356 g/mol. The zero-order valence-electron chi connectivity index (χ0n) is 16.4. The maximum absolute atomic E-state index is 13.3. The fourth-order valence-corrected chi connectivity index (χ4v) is 3.67. The van der Waals surface area contributed by atoms with Crippen LogP contribution >= 0.6 is 0 Å². The topological polar surface area (TPSA) is 78.9 Å². The van der Waals surface area contributed by atoms with Crippen molar-refractivity contribution in [1.29, 1.82) is 0 Å². The molecule has 2 N–H and O–H groups in total. The van der Waals surface area contributed by atoms with E-state index >= 15 is 0 Å². The van der Waals surface area contributed by atoms with Crippen LogP contribution in [0.4, 0.5) is 0 Å². The molecule has 3 rings (SSSR count). The average Bonchev–Trinajstić information content (AvgIpc) is 3.07. The van der Waals surface area contributed by atoms with Crippen molar-refractivity contribution in [2.24, 2.45) is 5.92 Å². The second kappa shape index (κ2) is 8.44. The van der Waals surface area contributed by atoms with Gasteiger partial charge in [0.1, 0.15) is 5.75 Å². The second-order valence-electron chi connectivity index (χ2n) is 7.14. The number of carbonyl (C=O) groups is 2. The summed E-state index contributed by atoms with van der Waals surface area (Å²) < 4.78 is 5.33. The number of hydrogen-bond acceptors (Lipinski definition) is 4. The fourth-order valence-electron chi connectivity index (χ4n) is 3.67. The van der Waals surface area contributed by atoms with Gasteiger partial charge in [-0.3, -0.25) is 9.59 Å². The Morgan fingerprint density at radius 2 is 1.93 bits per heavy atom. The SMILES string of the molecule is CNC(=O)C[C@@H]1CN(C(=O)c2cc(OC)ccc2-c2ccccc2C)C[C@H]1O. The molecule has 0 aliphatic carbocycles. The van der Waals surface area contributed by atoms with Crippen LogP contribution in [0.2, 0.25) is 0 Å². The zero-order chi connectivity index (χ0) is 20.3. The third-order valence-corrected chi connectivity index (χ3v) is 5.31. The van der Waals surface area contributed by atoms with E-state index in [4.69, 9.17) is 4.74 Å². The van der Waals surface area contributed by atoms with Crippen LogP contribution < -0.4 is 10.1 Å². The van der Waals surface area contributed by atoms with Gasteiger partial charge >= 0.3 is 0 Å². The lowest BCUT2D eigenvalue weighted by atomic mass is 9.95. The molecule has 0 radical (unpaired) electrons. The first-order valence-corrected chi connectivity index (χ1v) is 9.36. The van der Waals surface area contributed by atoms with Gasteiger partial charge in [-0.25, -0.2) is 0 Å². The van der Waals surface area contributed by atoms with Crippen LogP contribution in [-0.4, -0.2) is 55.2 Å². The molecule has 1 saturated heterocycles. The number of aliphatic hydroxyl groups excluding tert-OH is 1.